The van der Waals surface area contributed by atoms with E-state index in [0.29, 0.717) is 19.0 Å². The minimum absolute atomic E-state index is 0.496. The molecule has 3 rings (SSSR count). The summed E-state index contributed by atoms with van der Waals surface area (Å²) >= 11 is 1.70. The molecular formula is C17H19NO2S2. The van der Waals surface area contributed by atoms with E-state index >= 15 is 0 Å². The van der Waals surface area contributed by atoms with Crippen molar-refractivity contribution in [3.05, 3.63) is 63.7 Å². The highest BCUT2D eigenvalue weighted by Gasteiger charge is 2.27. The van der Waals surface area contributed by atoms with Crippen molar-refractivity contribution in [1.29, 1.82) is 0 Å². The fourth-order valence-electron chi connectivity index (χ4n) is 2.77. The molecule has 2 heterocycles. The Hall–Kier alpha value is -1.43. The highest BCUT2D eigenvalue weighted by Crippen LogP contribution is 2.30. The third kappa shape index (κ3) is 3.66. The van der Waals surface area contributed by atoms with Crippen LogP contribution in [0.15, 0.2) is 52.6 Å². The van der Waals surface area contributed by atoms with Crippen LogP contribution < -0.4 is 0 Å². The van der Waals surface area contributed by atoms with Crippen molar-refractivity contribution < 1.29 is 8.42 Å². The van der Waals surface area contributed by atoms with Gasteiger partial charge < -0.3 is 0 Å². The Bertz CT molecular complexity index is 713. The van der Waals surface area contributed by atoms with E-state index in [4.69, 9.17) is 0 Å². The predicted octanol–water partition coefficient (Wildman–Crippen LogP) is 3.93. The highest BCUT2D eigenvalue weighted by molar-refractivity contribution is 7.92. The second-order valence-corrected chi connectivity index (χ2v) is 8.09. The van der Waals surface area contributed by atoms with Gasteiger partial charge >= 0.3 is 0 Å². The largest absolute Gasteiger partial charge is 0.236 e. The Balaban J connectivity index is 1.63. The van der Waals surface area contributed by atoms with Gasteiger partial charge in [0.25, 0.3) is 0 Å². The SMILES string of the molecule is O=S(=O)(/C=C/c1ccccc1)N1CCC(c2ccsc2)CC1. The average Bonchev–Trinajstić information content (AvgIpc) is 3.09. The van der Waals surface area contributed by atoms with Gasteiger partial charge in [0, 0.05) is 18.5 Å². The van der Waals surface area contributed by atoms with Crippen molar-refractivity contribution in [1.82, 2.24) is 4.31 Å². The summed E-state index contributed by atoms with van der Waals surface area (Å²) < 4.78 is 26.4. The van der Waals surface area contributed by atoms with E-state index in [9.17, 15) is 8.42 Å². The summed E-state index contributed by atoms with van der Waals surface area (Å²) in [6.07, 6.45) is 3.46. The molecule has 0 amide bonds. The van der Waals surface area contributed by atoms with Crippen LogP contribution in [0.1, 0.15) is 29.9 Å². The Morgan fingerprint density at radius 1 is 1.09 bits per heavy atom. The van der Waals surface area contributed by atoms with Crippen molar-refractivity contribution in [3.8, 4) is 0 Å². The van der Waals surface area contributed by atoms with Crippen molar-refractivity contribution in [2.45, 2.75) is 18.8 Å². The van der Waals surface area contributed by atoms with Crippen LogP contribution in [-0.4, -0.2) is 25.8 Å². The molecule has 0 N–H and O–H groups in total. The first-order chi connectivity index (χ1) is 10.6. The number of hydrogen-bond acceptors (Lipinski definition) is 3. The lowest BCUT2D eigenvalue weighted by molar-refractivity contribution is 0.323. The first kappa shape index (κ1) is 15.5. The molecule has 0 atom stereocenters. The molecule has 5 heteroatoms. The van der Waals surface area contributed by atoms with Crippen LogP contribution in [0.5, 0.6) is 0 Å². The van der Waals surface area contributed by atoms with Gasteiger partial charge in [0.2, 0.25) is 10.0 Å². The second-order valence-electron chi connectivity index (χ2n) is 5.49. The van der Waals surface area contributed by atoms with Gasteiger partial charge in [0.15, 0.2) is 0 Å². The lowest BCUT2D eigenvalue weighted by atomic mass is 9.92. The lowest BCUT2D eigenvalue weighted by Gasteiger charge is -2.30. The normalized spacial score (nSPS) is 18.0. The number of thiophene rings is 1. The first-order valence-corrected chi connectivity index (χ1v) is 9.85. The zero-order chi connectivity index (χ0) is 15.4. The topological polar surface area (TPSA) is 37.4 Å². The van der Waals surface area contributed by atoms with Crippen molar-refractivity contribution in [3.63, 3.8) is 0 Å². The molecule has 1 aromatic carbocycles. The van der Waals surface area contributed by atoms with Crippen LogP contribution in [0, 0.1) is 0 Å². The Morgan fingerprint density at radius 3 is 2.45 bits per heavy atom. The third-order valence-electron chi connectivity index (χ3n) is 4.06. The summed E-state index contributed by atoms with van der Waals surface area (Å²) in [4.78, 5) is 0. The van der Waals surface area contributed by atoms with Gasteiger partial charge in [0.05, 0.1) is 0 Å². The van der Waals surface area contributed by atoms with Gasteiger partial charge in [0.1, 0.15) is 0 Å². The van der Waals surface area contributed by atoms with E-state index in [1.807, 2.05) is 30.3 Å². The molecule has 116 valence electrons. The van der Waals surface area contributed by atoms with Gasteiger partial charge in [-0.15, -0.1) is 0 Å². The molecule has 1 aromatic heterocycles. The van der Waals surface area contributed by atoms with Crippen molar-refractivity contribution in [2.75, 3.05) is 13.1 Å². The van der Waals surface area contributed by atoms with Gasteiger partial charge in [-0.1, -0.05) is 30.3 Å². The maximum atomic E-state index is 12.4. The lowest BCUT2D eigenvalue weighted by Crippen LogP contribution is -2.36. The second kappa shape index (κ2) is 6.77. The smallest absolute Gasteiger partial charge is 0.208 e. The van der Waals surface area contributed by atoms with E-state index in [1.165, 1.54) is 11.0 Å². The molecule has 0 aliphatic carbocycles. The fourth-order valence-corrected chi connectivity index (χ4v) is 4.73. The number of rotatable bonds is 4. The highest BCUT2D eigenvalue weighted by atomic mass is 32.2. The molecule has 1 saturated heterocycles. The Kier molecular flexibility index (Phi) is 4.76. The summed E-state index contributed by atoms with van der Waals surface area (Å²) in [5.41, 5.74) is 2.25. The molecule has 2 aromatic rings. The molecule has 3 nitrogen and oxygen atoms in total. The molecule has 0 radical (unpaired) electrons. The maximum Gasteiger partial charge on any atom is 0.236 e. The summed E-state index contributed by atoms with van der Waals surface area (Å²) in [6, 6.07) is 11.7. The maximum absolute atomic E-state index is 12.4. The van der Waals surface area contributed by atoms with Crippen LogP contribution in [0.25, 0.3) is 6.08 Å². The van der Waals surface area contributed by atoms with Crippen molar-refractivity contribution >= 4 is 27.4 Å². The van der Waals surface area contributed by atoms with Crippen LogP contribution in [-0.2, 0) is 10.0 Å². The average molecular weight is 333 g/mol. The Labute approximate surface area is 136 Å². The number of benzene rings is 1. The van der Waals surface area contributed by atoms with Crippen LogP contribution in [0.4, 0.5) is 0 Å². The van der Waals surface area contributed by atoms with Crippen LogP contribution in [0.3, 0.4) is 0 Å². The van der Waals surface area contributed by atoms with Crippen LogP contribution >= 0.6 is 11.3 Å². The van der Waals surface area contributed by atoms with E-state index in [2.05, 4.69) is 16.8 Å². The van der Waals surface area contributed by atoms with E-state index in [-0.39, 0.29) is 0 Å². The standard InChI is InChI=1S/C17H19NO2S2/c19-22(20,13-9-15-4-2-1-3-5-15)18-10-6-16(7-11-18)17-8-12-21-14-17/h1-5,8-9,12-14,16H,6-7,10-11H2/b13-9+. The molecule has 1 aliphatic rings. The Morgan fingerprint density at radius 2 is 1.82 bits per heavy atom. The van der Waals surface area contributed by atoms with Gasteiger partial charge in [-0.25, -0.2) is 8.42 Å². The molecule has 1 aliphatic heterocycles. The number of piperidine rings is 1. The summed E-state index contributed by atoms with van der Waals surface area (Å²) in [7, 11) is -3.32. The van der Waals surface area contributed by atoms with Gasteiger partial charge in [-0.3, -0.25) is 0 Å². The van der Waals surface area contributed by atoms with Gasteiger partial charge in [-0.05, 0) is 52.8 Å². The number of nitrogens with zero attached hydrogens (tertiary/aromatic N) is 1. The monoisotopic (exact) mass is 333 g/mol. The fraction of sp³-hybridized carbons (Fsp3) is 0.294. The minimum atomic E-state index is -3.32. The molecule has 0 bridgehead atoms. The number of sulfonamides is 1. The molecule has 22 heavy (non-hydrogen) atoms. The van der Waals surface area contributed by atoms with Crippen LogP contribution in [0.2, 0.25) is 0 Å². The summed E-state index contributed by atoms with van der Waals surface area (Å²) in [5.74, 6) is 0.496. The summed E-state index contributed by atoms with van der Waals surface area (Å²) in [6.45, 7) is 1.20. The van der Waals surface area contributed by atoms with E-state index < -0.39 is 10.0 Å². The minimum Gasteiger partial charge on any atom is -0.208 e. The molecule has 0 spiro atoms. The van der Waals surface area contributed by atoms with E-state index in [1.54, 1.807) is 21.7 Å². The first-order valence-electron chi connectivity index (χ1n) is 7.40. The third-order valence-corrected chi connectivity index (χ3v) is 6.33. The van der Waals surface area contributed by atoms with Gasteiger partial charge in [-0.2, -0.15) is 15.6 Å². The molecule has 1 fully saturated rings. The zero-order valence-corrected chi connectivity index (χ0v) is 13.9. The predicted molar refractivity (Wildman–Crippen MR) is 92.3 cm³/mol. The summed E-state index contributed by atoms with van der Waals surface area (Å²) in [5, 5.41) is 5.58. The van der Waals surface area contributed by atoms with Crippen molar-refractivity contribution in [2.24, 2.45) is 0 Å². The van der Waals surface area contributed by atoms with E-state index in [0.717, 1.165) is 18.4 Å². The molecule has 0 saturated carbocycles. The zero-order valence-electron chi connectivity index (χ0n) is 12.3. The molecule has 0 unspecified atom stereocenters. The number of hydrogen-bond donors (Lipinski definition) is 0. The molecular weight excluding hydrogens is 314 g/mol. The quantitative estimate of drug-likeness (QED) is 0.850.